The predicted molar refractivity (Wildman–Crippen MR) is 71.0 cm³/mol. The van der Waals surface area contributed by atoms with E-state index in [-0.39, 0.29) is 12.5 Å². The number of nitrogens with two attached hydrogens (primary N) is 1. The van der Waals surface area contributed by atoms with E-state index in [1.54, 1.807) is 7.11 Å². The number of carboxylic acid groups (broad SMARTS) is 1. The minimum atomic E-state index is -0.875. The first kappa shape index (κ1) is 14.5. The van der Waals surface area contributed by atoms with Gasteiger partial charge in [0.15, 0.2) is 0 Å². The van der Waals surface area contributed by atoms with E-state index in [4.69, 9.17) is 15.6 Å². The Morgan fingerprint density at radius 1 is 1.44 bits per heavy atom. The summed E-state index contributed by atoms with van der Waals surface area (Å²) in [7, 11) is 1.62. The number of methoxy groups -OCH3 is 1. The fraction of sp³-hybridized carbons (Fsp3) is 0.500. The SMILES string of the molecule is COc1cc(C(C)C)ccc1CC(N)CC(=O)O. The normalized spacial score (nSPS) is 12.5. The molecule has 1 rings (SSSR count). The molecule has 1 atom stereocenters. The van der Waals surface area contributed by atoms with Crippen LogP contribution in [0.2, 0.25) is 0 Å². The first-order valence-electron chi connectivity index (χ1n) is 6.08. The third-order valence-electron chi connectivity index (χ3n) is 2.90. The van der Waals surface area contributed by atoms with Crippen LogP contribution in [0.4, 0.5) is 0 Å². The highest BCUT2D eigenvalue weighted by atomic mass is 16.5. The summed E-state index contributed by atoms with van der Waals surface area (Å²) in [6.45, 7) is 4.23. The van der Waals surface area contributed by atoms with Crippen LogP contribution in [0.3, 0.4) is 0 Å². The number of benzene rings is 1. The molecule has 0 amide bonds. The molecule has 0 radical (unpaired) electrons. The average molecular weight is 251 g/mol. The Labute approximate surface area is 108 Å². The van der Waals surface area contributed by atoms with Gasteiger partial charge in [0, 0.05) is 6.04 Å². The van der Waals surface area contributed by atoms with E-state index in [0.717, 1.165) is 11.3 Å². The van der Waals surface area contributed by atoms with E-state index < -0.39 is 5.97 Å². The van der Waals surface area contributed by atoms with Crippen molar-refractivity contribution in [3.63, 3.8) is 0 Å². The van der Waals surface area contributed by atoms with Gasteiger partial charge in [0.1, 0.15) is 5.75 Å². The lowest BCUT2D eigenvalue weighted by molar-refractivity contribution is -0.137. The van der Waals surface area contributed by atoms with Gasteiger partial charge in [-0.25, -0.2) is 0 Å². The molecule has 100 valence electrons. The van der Waals surface area contributed by atoms with Crippen molar-refractivity contribution in [2.45, 2.75) is 38.6 Å². The van der Waals surface area contributed by atoms with Crippen molar-refractivity contribution < 1.29 is 14.6 Å². The molecule has 1 aromatic rings. The highest BCUT2D eigenvalue weighted by Gasteiger charge is 2.13. The fourth-order valence-corrected chi connectivity index (χ4v) is 1.87. The van der Waals surface area contributed by atoms with Crippen molar-refractivity contribution in [1.29, 1.82) is 0 Å². The van der Waals surface area contributed by atoms with Crippen LogP contribution >= 0.6 is 0 Å². The number of hydrogen-bond acceptors (Lipinski definition) is 3. The van der Waals surface area contributed by atoms with Crippen LogP contribution in [0.1, 0.15) is 37.3 Å². The number of rotatable bonds is 6. The molecule has 3 N–H and O–H groups in total. The molecule has 0 saturated carbocycles. The van der Waals surface area contributed by atoms with Crippen LogP contribution in [0.5, 0.6) is 5.75 Å². The summed E-state index contributed by atoms with van der Waals surface area (Å²) in [6, 6.07) is 5.61. The van der Waals surface area contributed by atoms with Crippen LogP contribution in [-0.2, 0) is 11.2 Å². The van der Waals surface area contributed by atoms with Gasteiger partial charge in [0.2, 0.25) is 0 Å². The second kappa shape index (κ2) is 6.40. The monoisotopic (exact) mass is 251 g/mol. The Morgan fingerprint density at radius 3 is 2.61 bits per heavy atom. The van der Waals surface area contributed by atoms with E-state index in [1.807, 2.05) is 18.2 Å². The van der Waals surface area contributed by atoms with E-state index in [1.165, 1.54) is 5.56 Å². The molecule has 0 aromatic heterocycles. The van der Waals surface area contributed by atoms with Crippen molar-refractivity contribution in [2.24, 2.45) is 5.73 Å². The van der Waals surface area contributed by atoms with Crippen LogP contribution in [0.15, 0.2) is 18.2 Å². The topological polar surface area (TPSA) is 72.5 Å². The highest BCUT2D eigenvalue weighted by Crippen LogP contribution is 2.25. The minimum absolute atomic E-state index is 0.0327. The summed E-state index contributed by atoms with van der Waals surface area (Å²) in [5.41, 5.74) is 7.94. The largest absolute Gasteiger partial charge is 0.496 e. The maximum absolute atomic E-state index is 10.6. The van der Waals surface area contributed by atoms with Gasteiger partial charge in [-0.1, -0.05) is 26.0 Å². The number of carbonyl (C=O) groups is 1. The van der Waals surface area contributed by atoms with Crippen LogP contribution in [0, 0.1) is 0 Å². The molecule has 0 bridgehead atoms. The summed E-state index contributed by atoms with van der Waals surface area (Å²) in [4.78, 5) is 10.6. The third kappa shape index (κ3) is 4.04. The molecule has 0 fully saturated rings. The molecule has 0 aliphatic rings. The zero-order chi connectivity index (χ0) is 13.7. The number of carboxylic acids is 1. The first-order chi connectivity index (χ1) is 8.43. The number of ether oxygens (including phenoxy) is 1. The Morgan fingerprint density at radius 2 is 2.11 bits per heavy atom. The van der Waals surface area contributed by atoms with Crippen LogP contribution < -0.4 is 10.5 Å². The summed E-state index contributed by atoms with van der Waals surface area (Å²) >= 11 is 0. The van der Waals surface area contributed by atoms with Gasteiger partial charge in [-0.15, -0.1) is 0 Å². The van der Waals surface area contributed by atoms with E-state index >= 15 is 0 Å². The zero-order valence-electron chi connectivity index (χ0n) is 11.1. The molecule has 4 nitrogen and oxygen atoms in total. The lowest BCUT2D eigenvalue weighted by Crippen LogP contribution is -2.26. The smallest absolute Gasteiger partial charge is 0.304 e. The van der Waals surface area contributed by atoms with E-state index in [2.05, 4.69) is 13.8 Å². The highest BCUT2D eigenvalue weighted by molar-refractivity contribution is 5.67. The van der Waals surface area contributed by atoms with Gasteiger partial charge in [0.25, 0.3) is 0 Å². The van der Waals surface area contributed by atoms with Crippen molar-refractivity contribution >= 4 is 5.97 Å². The van der Waals surface area contributed by atoms with Crippen molar-refractivity contribution in [2.75, 3.05) is 7.11 Å². The van der Waals surface area contributed by atoms with Crippen LogP contribution in [0.25, 0.3) is 0 Å². The molecule has 0 heterocycles. The lowest BCUT2D eigenvalue weighted by Gasteiger charge is -2.15. The molecule has 1 unspecified atom stereocenters. The van der Waals surface area contributed by atoms with Gasteiger partial charge in [0.05, 0.1) is 13.5 Å². The van der Waals surface area contributed by atoms with Gasteiger partial charge in [-0.3, -0.25) is 4.79 Å². The summed E-state index contributed by atoms with van der Waals surface area (Å²) < 4.78 is 5.34. The second-order valence-electron chi connectivity index (χ2n) is 4.79. The van der Waals surface area contributed by atoms with Crippen molar-refractivity contribution in [3.05, 3.63) is 29.3 Å². The summed E-state index contributed by atoms with van der Waals surface area (Å²) in [5.74, 6) is 0.336. The predicted octanol–water partition coefficient (Wildman–Crippen LogP) is 2.16. The molecule has 0 spiro atoms. The standard InChI is InChI=1S/C14H21NO3/c1-9(2)10-4-5-11(13(7-10)18-3)6-12(15)8-14(16)17/h4-5,7,9,12H,6,8,15H2,1-3H3,(H,16,17). The van der Waals surface area contributed by atoms with Crippen molar-refractivity contribution in [1.82, 2.24) is 0 Å². The van der Waals surface area contributed by atoms with Crippen LogP contribution in [-0.4, -0.2) is 24.2 Å². The van der Waals surface area contributed by atoms with Gasteiger partial charge in [-0.2, -0.15) is 0 Å². The lowest BCUT2D eigenvalue weighted by atomic mass is 9.97. The van der Waals surface area contributed by atoms with Crippen molar-refractivity contribution in [3.8, 4) is 5.75 Å². The average Bonchev–Trinajstić information content (AvgIpc) is 2.27. The van der Waals surface area contributed by atoms with E-state index in [9.17, 15) is 4.79 Å². The summed E-state index contributed by atoms with van der Waals surface area (Å²) in [6.07, 6.45) is 0.475. The number of hydrogen-bond donors (Lipinski definition) is 2. The maximum atomic E-state index is 10.6. The Bertz CT molecular complexity index is 416. The first-order valence-corrected chi connectivity index (χ1v) is 6.08. The molecule has 18 heavy (non-hydrogen) atoms. The maximum Gasteiger partial charge on any atom is 0.304 e. The molecule has 4 heteroatoms. The second-order valence-corrected chi connectivity index (χ2v) is 4.79. The Hall–Kier alpha value is -1.55. The molecule has 0 aliphatic carbocycles. The van der Waals surface area contributed by atoms with Gasteiger partial charge in [-0.05, 0) is 29.5 Å². The zero-order valence-corrected chi connectivity index (χ0v) is 11.1. The number of aliphatic carboxylic acids is 1. The fourth-order valence-electron chi connectivity index (χ4n) is 1.87. The van der Waals surface area contributed by atoms with Gasteiger partial charge < -0.3 is 15.6 Å². The quantitative estimate of drug-likeness (QED) is 0.812. The Balaban J connectivity index is 2.85. The summed E-state index contributed by atoms with van der Waals surface area (Å²) in [5, 5.41) is 8.69. The molecular formula is C14H21NO3. The minimum Gasteiger partial charge on any atom is -0.496 e. The molecule has 0 aliphatic heterocycles. The Kier molecular flexibility index (Phi) is 5.16. The van der Waals surface area contributed by atoms with Gasteiger partial charge >= 0.3 is 5.97 Å². The third-order valence-corrected chi connectivity index (χ3v) is 2.90. The molecule has 0 saturated heterocycles. The molecular weight excluding hydrogens is 230 g/mol. The molecule has 1 aromatic carbocycles. The van der Waals surface area contributed by atoms with E-state index in [0.29, 0.717) is 12.3 Å².